The van der Waals surface area contributed by atoms with E-state index in [4.69, 9.17) is 14.2 Å². The molecule has 32 heavy (non-hydrogen) atoms. The topological polar surface area (TPSA) is 61.8 Å². The van der Waals surface area contributed by atoms with Crippen molar-refractivity contribution in [2.75, 3.05) is 13.2 Å². The highest BCUT2D eigenvalue weighted by Crippen LogP contribution is 2.26. The molecule has 1 unspecified atom stereocenters. The smallest absolute Gasteiger partial charge is 0.311 e. The quantitative estimate of drug-likeness (QED) is 0.186. The van der Waals surface area contributed by atoms with Gasteiger partial charge in [-0.05, 0) is 45.1 Å². The van der Waals surface area contributed by atoms with E-state index in [2.05, 4.69) is 6.92 Å². The SMILES string of the molecule is CCCCCCCC(=O)OCC(CC)OC(=O)C(C)(C)CCCCOCc1ccccc1. The molecule has 0 saturated heterocycles. The Bertz CT molecular complexity index is 626. The Balaban J connectivity index is 2.21. The molecule has 0 aliphatic carbocycles. The zero-order valence-corrected chi connectivity index (χ0v) is 20.7. The molecule has 0 saturated carbocycles. The van der Waals surface area contributed by atoms with Crippen molar-refractivity contribution in [3.8, 4) is 0 Å². The summed E-state index contributed by atoms with van der Waals surface area (Å²) in [5.41, 5.74) is 0.593. The van der Waals surface area contributed by atoms with Gasteiger partial charge in [-0.1, -0.05) is 76.3 Å². The molecule has 5 nitrogen and oxygen atoms in total. The molecule has 1 aromatic carbocycles. The Kier molecular flexibility index (Phi) is 14.7. The van der Waals surface area contributed by atoms with Crippen LogP contribution in [0.2, 0.25) is 0 Å². The van der Waals surface area contributed by atoms with E-state index < -0.39 is 5.41 Å². The van der Waals surface area contributed by atoms with E-state index in [1.807, 2.05) is 51.1 Å². The van der Waals surface area contributed by atoms with Crippen molar-refractivity contribution in [3.05, 3.63) is 35.9 Å². The Morgan fingerprint density at radius 2 is 1.66 bits per heavy atom. The maximum absolute atomic E-state index is 12.7. The highest BCUT2D eigenvalue weighted by Gasteiger charge is 2.31. The van der Waals surface area contributed by atoms with Crippen LogP contribution in [-0.2, 0) is 30.4 Å². The van der Waals surface area contributed by atoms with Gasteiger partial charge in [0.15, 0.2) is 0 Å². The molecule has 1 aromatic rings. The second-order valence-electron chi connectivity index (χ2n) is 9.16. The Hall–Kier alpha value is -1.88. The van der Waals surface area contributed by atoms with Gasteiger partial charge in [0.1, 0.15) is 12.7 Å². The molecule has 0 aliphatic heterocycles. The molecule has 0 amide bonds. The summed E-state index contributed by atoms with van der Waals surface area (Å²) in [6, 6.07) is 10.1. The number of hydrogen-bond acceptors (Lipinski definition) is 5. The molecule has 5 heteroatoms. The fourth-order valence-electron chi connectivity index (χ4n) is 3.31. The first-order valence-electron chi connectivity index (χ1n) is 12.4. The molecule has 0 spiro atoms. The number of carbonyl (C=O) groups excluding carboxylic acids is 2. The lowest BCUT2D eigenvalue weighted by atomic mass is 9.87. The van der Waals surface area contributed by atoms with Crippen molar-refractivity contribution < 1.29 is 23.8 Å². The van der Waals surface area contributed by atoms with Crippen molar-refractivity contribution in [2.24, 2.45) is 5.41 Å². The predicted octanol–water partition coefficient (Wildman–Crippen LogP) is 6.63. The maximum atomic E-state index is 12.7. The number of benzene rings is 1. The molecular formula is C27H44O5. The van der Waals surface area contributed by atoms with E-state index in [0.717, 1.165) is 38.5 Å². The van der Waals surface area contributed by atoms with Crippen LogP contribution in [0.3, 0.4) is 0 Å². The van der Waals surface area contributed by atoms with Crippen molar-refractivity contribution in [3.63, 3.8) is 0 Å². The Morgan fingerprint density at radius 3 is 2.34 bits per heavy atom. The van der Waals surface area contributed by atoms with Crippen LogP contribution in [0, 0.1) is 5.41 Å². The first-order valence-corrected chi connectivity index (χ1v) is 12.4. The first kappa shape index (κ1) is 28.2. The van der Waals surface area contributed by atoms with Gasteiger partial charge in [0.25, 0.3) is 0 Å². The van der Waals surface area contributed by atoms with E-state index in [9.17, 15) is 9.59 Å². The van der Waals surface area contributed by atoms with Crippen LogP contribution >= 0.6 is 0 Å². The van der Waals surface area contributed by atoms with Crippen molar-refractivity contribution in [1.29, 1.82) is 0 Å². The van der Waals surface area contributed by atoms with Gasteiger partial charge in [0.05, 0.1) is 12.0 Å². The molecule has 182 valence electrons. The lowest BCUT2D eigenvalue weighted by Crippen LogP contribution is -2.33. The van der Waals surface area contributed by atoms with Crippen LogP contribution < -0.4 is 0 Å². The fraction of sp³-hybridized carbons (Fsp3) is 0.704. The highest BCUT2D eigenvalue weighted by atomic mass is 16.6. The average molecular weight is 449 g/mol. The number of esters is 2. The maximum Gasteiger partial charge on any atom is 0.311 e. The van der Waals surface area contributed by atoms with Crippen LogP contribution in [-0.4, -0.2) is 31.3 Å². The number of carbonyl (C=O) groups is 2. The number of ether oxygens (including phenoxy) is 3. The molecule has 0 radical (unpaired) electrons. The van der Waals surface area contributed by atoms with Crippen LogP contribution in [0.15, 0.2) is 30.3 Å². The first-order chi connectivity index (χ1) is 15.4. The van der Waals surface area contributed by atoms with Crippen molar-refractivity contribution >= 4 is 11.9 Å². The third-order valence-corrected chi connectivity index (χ3v) is 5.65. The molecule has 0 fully saturated rings. The van der Waals surface area contributed by atoms with Crippen molar-refractivity contribution in [1.82, 2.24) is 0 Å². The van der Waals surface area contributed by atoms with E-state index in [-0.39, 0.29) is 24.6 Å². The van der Waals surface area contributed by atoms with E-state index >= 15 is 0 Å². The summed E-state index contributed by atoms with van der Waals surface area (Å²) in [6.07, 6.45) is 8.66. The third-order valence-electron chi connectivity index (χ3n) is 5.65. The van der Waals surface area contributed by atoms with Crippen LogP contribution in [0.25, 0.3) is 0 Å². The van der Waals surface area contributed by atoms with Gasteiger partial charge in [-0.2, -0.15) is 0 Å². The number of rotatable bonds is 18. The van der Waals surface area contributed by atoms with Gasteiger partial charge in [0.2, 0.25) is 0 Å². The summed E-state index contributed by atoms with van der Waals surface area (Å²) in [7, 11) is 0. The normalized spacial score (nSPS) is 12.4. The zero-order valence-electron chi connectivity index (χ0n) is 20.7. The minimum absolute atomic E-state index is 0.138. The lowest BCUT2D eigenvalue weighted by molar-refractivity contribution is -0.167. The van der Waals surface area contributed by atoms with Crippen molar-refractivity contribution in [2.45, 2.75) is 105 Å². The van der Waals surface area contributed by atoms with E-state index in [0.29, 0.717) is 26.1 Å². The van der Waals surface area contributed by atoms with Gasteiger partial charge in [-0.25, -0.2) is 0 Å². The highest BCUT2D eigenvalue weighted by molar-refractivity contribution is 5.76. The summed E-state index contributed by atoms with van der Waals surface area (Å²) in [5, 5.41) is 0. The average Bonchev–Trinajstić information content (AvgIpc) is 2.79. The molecular weight excluding hydrogens is 404 g/mol. The Labute approximate surface area is 195 Å². The lowest BCUT2D eigenvalue weighted by Gasteiger charge is -2.26. The summed E-state index contributed by atoms with van der Waals surface area (Å²) in [4.78, 5) is 24.6. The Morgan fingerprint density at radius 1 is 0.938 bits per heavy atom. The van der Waals surface area contributed by atoms with Gasteiger partial charge < -0.3 is 14.2 Å². The molecule has 0 aliphatic rings. The van der Waals surface area contributed by atoms with Crippen LogP contribution in [0.4, 0.5) is 0 Å². The molecule has 0 bridgehead atoms. The second-order valence-corrected chi connectivity index (χ2v) is 9.16. The van der Waals surface area contributed by atoms with Crippen LogP contribution in [0.5, 0.6) is 0 Å². The van der Waals surface area contributed by atoms with Gasteiger partial charge in [-0.15, -0.1) is 0 Å². The zero-order chi connectivity index (χ0) is 23.7. The molecule has 0 aromatic heterocycles. The number of hydrogen-bond donors (Lipinski definition) is 0. The molecule has 1 rings (SSSR count). The summed E-state index contributed by atoms with van der Waals surface area (Å²) in [5.74, 6) is -0.434. The molecule has 0 N–H and O–H groups in total. The largest absolute Gasteiger partial charge is 0.462 e. The van der Waals surface area contributed by atoms with Crippen LogP contribution in [0.1, 0.15) is 97.5 Å². The minimum atomic E-state index is -0.573. The fourth-order valence-corrected chi connectivity index (χ4v) is 3.31. The minimum Gasteiger partial charge on any atom is -0.462 e. The molecule has 1 atom stereocenters. The summed E-state index contributed by atoms with van der Waals surface area (Å²) >= 11 is 0. The summed E-state index contributed by atoms with van der Waals surface area (Å²) < 4.78 is 16.7. The molecule has 0 heterocycles. The van der Waals surface area contributed by atoms with E-state index in [1.165, 1.54) is 18.4 Å². The van der Waals surface area contributed by atoms with Gasteiger partial charge in [-0.3, -0.25) is 9.59 Å². The van der Waals surface area contributed by atoms with Gasteiger partial charge >= 0.3 is 11.9 Å². The predicted molar refractivity (Wildman–Crippen MR) is 128 cm³/mol. The van der Waals surface area contributed by atoms with Gasteiger partial charge in [0, 0.05) is 13.0 Å². The third kappa shape index (κ3) is 12.8. The monoisotopic (exact) mass is 448 g/mol. The number of unbranched alkanes of at least 4 members (excludes halogenated alkanes) is 5. The summed E-state index contributed by atoms with van der Waals surface area (Å²) in [6.45, 7) is 9.36. The standard InChI is InChI=1S/C27H44O5/c1-5-7-8-9-13-18-25(28)31-22-24(6-2)32-26(29)27(3,4)19-14-15-20-30-21-23-16-11-10-12-17-23/h10-12,16-17,24H,5-9,13-15,18-22H2,1-4H3. The second kappa shape index (κ2) is 16.7. The van der Waals surface area contributed by atoms with E-state index in [1.54, 1.807) is 0 Å².